The maximum Gasteiger partial charge on any atom is 0.241 e. The van der Waals surface area contributed by atoms with Crippen molar-refractivity contribution in [3.05, 3.63) is 29.1 Å². The van der Waals surface area contributed by atoms with E-state index in [1.165, 1.54) is 13.1 Å². The van der Waals surface area contributed by atoms with E-state index >= 15 is 0 Å². The number of halogens is 1. The number of hydrogen-bond donors (Lipinski definition) is 3. The van der Waals surface area contributed by atoms with Crippen LogP contribution in [0, 0.1) is 5.82 Å². The number of anilines is 1. The Labute approximate surface area is 116 Å². The Morgan fingerprint density at radius 3 is 2.90 bits per heavy atom. The first-order valence-corrected chi connectivity index (χ1v) is 7.80. The van der Waals surface area contributed by atoms with Crippen LogP contribution in [0.1, 0.15) is 11.1 Å². The van der Waals surface area contributed by atoms with E-state index in [0.717, 1.165) is 5.56 Å². The summed E-state index contributed by atoms with van der Waals surface area (Å²) in [5.74, 6) is -1.99. The number of benzene rings is 1. The lowest BCUT2D eigenvalue weighted by molar-refractivity contribution is -0.113. The van der Waals surface area contributed by atoms with Crippen LogP contribution >= 0.6 is 0 Å². The second-order valence-corrected chi connectivity index (χ2v) is 6.43. The van der Waals surface area contributed by atoms with E-state index in [1.807, 2.05) is 4.72 Å². The van der Waals surface area contributed by atoms with E-state index in [0.29, 0.717) is 25.1 Å². The SMILES string of the molecule is CNS(=O)(=O)CC(=O)Nc1ccc2c(c1F)CCNC2. The molecule has 0 radical (unpaired) electrons. The topological polar surface area (TPSA) is 87.3 Å². The van der Waals surface area contributed by atoms with Crippen LogP contribution in [-0.4, -0.2) is 33.7 Å². The van der Waals surface area contributed by atoms with Crippen molar-refractivity contribution in [2.75, 3.05) is 24.7 Å². The average molecular weight is 301 g/mol. The van der Waals surface area contributed by atoms with Gasteiger partial charge in [-0.15, -0.1) is 0 Å². The van der Waals surface area contributed by atoms with Crippen LogP contribution < -0.4 is 15.4 Å². The molecule has 0 unspecified atom stereocenters. The molecule has 1 aliphatic heterocycles. The molecule has 20 heavy (non-hydrogen) atoms. The summed E-state index contributed by atoms with van der Waals surface area (Å²) < 4.78 is 38.7. The van der Waals surface area contributed by atoms with Gasteiger partial charge in [-0.3, -0.25) is 4.79 Å². The van der Waals surface area contributed by atoms with Crippen molar-refractivity contribution in [2.45, 2.75) is 13.0 Å². The summed E-state index contributed by atoms with van der Waals surface area (Å²) in [7, 11) is -2.45. The molecule has 8 heteroatoms. The van der Waals surface area contributed by atoms with Crippen LogP contribution in [0.4, 0.5) is 10.1 Å². The normalized spacial score (nSPS) is 14.7. The maximum atomic E-state index is 14.2. The van der Waals surface area contributed by atoms with E-state index < -0.39 is 27.5 Å². The van der Waals surface area contributed by atoms with Crippen molar-refractivity contribution in [1.29, 1.82) is 0 Å². The van der Waals surface area contributed by atoms with Gasteiger partial charge in [0.15, 0.2) is 0 Å². The summed E-state index contributed by atoms with van der Waals surface area (Å²) in [6.07, 6.45) is 0.541. The number of sulfonamides is 1. The Bertz CT molecular complexity index is 631. The second kappa shape index (κ2) is 5.86. The third-order valence-corrected chi connectivity index (χ3v) is 4.38. The van der Waals surface area contributed by atoms with Crippen molar-refractivity contribution < 1.29 is 17.6 Å². The van der Waals surface area contributed by atoms with Crippen molar-refractivity contribution in [3.8, 4) is 0 Å². The Kier molecular flexibility index (Phi) is 4.36. The molecule has 1 heterocycles. The van der Waals surface area contributed by atoms with E-state index in [4.69, 9.17) is 0 Å². The Morgan fingerprint density at radius 2 is 2.20 bits per heavy atom. The first kappa shape index (κ1) is 14.9. The molecule has 0 aliphatic carbocycles. The zero-order valence-electron chi connectivity index (χ0n) is 11.0. The third-order valence-electron chi connectivity index (χ3n) is 3.11. The van der Waals surface area contributed by atoms with Gasteiger partial charge >= 0.3 is 0 Å². The van der Waals surface area contributed by atoms with Gasteiger partial charge in [-0.25, -0.2) is 17.5 Å². The minimum Gasteiger partial charge on any atom is -0.323 e. The van der Waals surface area contributed by atoms with Gasteiger partial charge in [0.25, 0.3) is 0 Å². The molecule has 0 bridgehead atoms. The Morgan fingerprint density at radius 1 is 1.45 bits per heavy atom. The molecular weight excluding hydrogens is 285 g/mol. The maximum absolute atomic E-state index is 14.2. The lowest BCUT2D eigenvalue weighted by Gasteiger charge is -2.19. The van der Waals surface area contributed by atoms with Crippen LogP contribution in [0.2, 0.25) is 0 Å². The fourth-order valence-electron chi connectivity index (χ4n) is 2.06. The quantitative estimate of drug-likeness (QED) is 0.728. The highest BCUT2D eigenvalue weighted by Gasteiger charge is 2.19. The Balaban J connectivity index is 2.16. The number of fused-ring (bicyclic) bond motifs is 1. The van der Waals surface area contributed by atoms with Crippen molar-refractivity contribution in [3.63, 3.8) is 0 Å². The van der Waals surface area contributed by atoms with Crippen LogP contribution in [0.15, 0.2) is 12.1 Å². The van der Waals surface area contributed by atoms with E-state index in [2.05, 4.69) is 10.6 Å². The van der Waals surface area contributed by atoms with Gasteiger partial charge < -0.3 is 10.6 Å². The molecule has 0 fully saturated rings. The lowest BCUT2D eigenvalue weighted by atomic mass is 9.99. The van der Waals surface area contributed by atoms with Gasteiger partial charge in [-0.1, -0.05) is 6.07 Å². The number of hydrogen-bond acceptors (Lipinski definition) is 4. The van der Waals surface area contributed by atoms with E-state index in [1.54, 1.807) is 6.07 Å². The first-order valence-electron chi connectivity index (χ1n) is 6.15. The van der Waals surface area contributed by atoms with Crippen LogP contribution in [0.3, 0.4) is 0 Å². The third kappa shape index (κ3) is 3.33. The fraction of sp³-hybridized carbons (Fsp3) is 0.417. The zero-order chi connectivity index (χ0) is 14.8. The van der Waals surface area contributed by atoms with E-state index in [9.17, 15) is 17.6 Å². The number of amides is 1. The number of nitrogens with one attached hydrogen (secondary N) is 3. The van der Waals surface area contributed by atoms with Gasteiger partial charge in [-0.05, 0) is 37.2 Å². The number of carbonyl (C=O) groups excluding carboxylic acids is 1. The molecule has 1 aromatic carbocycles. The molecule has 1 aromatic rings. The second-order valence-electron chi connectivity index (χ2n) is 4.50. The summed E-state index contributed by atoms with van der Waals surface area (Å²) >= 11 is 0. The van der Waals surface area contributed by atoms with Gasteiger partial charge in [0.1, 0.15) is 11.6 Å². The van der Waals surface area contributed by atoms with Gasteiger partial charge in [0.05, 0.1) is 5.69 Å². The average Bonchev–Trinajstić information content (AvgIpc) is 2.42. The van der Waals surface area contributed by atoms with Gasteiger partial charge in [-0.2, -0.15) is 0 Å². The summed E-state index contributed by atoms with van der Waals surface area (Å²) in [5.41, 5.74) is 1.44. The highest BCUT2D eigenvalue weighted by molar-refractivity contribution is 7.90. The highest BCUT2D eigenvalue weighted by atomic mass is 32.2. The van der Waals surface area contributed by atoms with Crippen LogP contribution in [-0.2, 0) is 27.8 Å². The first-order chi connectivity index (χ1) is 9.43. The molecule has 0 atom stereocenters. The largest absolute Gasteiger partial charge is 0.323 e. The molecule has 1 aliphatic rings. The summed E-state index contributed by atoms with van der Waals surface area (Å²) in [6.45, 7) is 1.27. The smallest absolute Gasteiger partial charge is 0.241 e. The summed E-state index contributed by atoms with van der Waals surface area (Å²) in [4.78, 5) is 11.6. The molecule has 2 rings (SSSR count). The van der Waals surface area contributed by atoms with Crippen molar-refractivity contribution >= 4 is 21.6 Å². The van der Waals surface area contributed by atoms with E-state index in [-0.39, 0.29) is 5.69 Å². The zero-order valence-corrected chi connectivity index (χ0v) is 11.8. The molecule has 1 amide bonds. The number of rotatable bonds is 4. The van der Waals surface area contributed by atoms with Crippen molar-refractivity contribution in [1.82, 2.24) is 10.0 Å². The molecular formula is C12H16FN3O3S. The van der Waals surface area contributed by atoms with Crippen LogP contribution in [0.5, 0.6) is 0 Å². The highest BCUT2D eigenvalue weighted by Crippen LogP contribution is 2.24. The molecule has 0 aromatic heterocycles. The minimum atomic E-state index is -3.66. The lowest BCUT2D eigenvalue weighted by Crippen LogP contribution is -2.31. The van der Waals surface area contributed by atoms with Gasteiger partial charge in [0, 0.05) is 6.54 Å². The van der Waals surface area contributed by atoms with Gasteiger partial charge in [0.2, 0.25) is 15.9 Å². The van der Waals surface area contributed by atoms with Crippen molar-refractivity contribution in [2.24, 2.45) is 0 Å². The predicted octanol–water partition coefficient (Wildman–Crippen LogP) is -0.0409. The standard InChI is InChI=1S/C12H16FN3O3S/c1-14-20(18,19)7-11(17)16-10-3-2-8-6-15-5-4-9(8)12(10)13/h2-3,14-15H,4-7H2,1H3,(H,16,17). The molecule has 0 spiro atoms. The molecule has 3 N–H and O–H groups in total. The monoisotopic (exact) mass is 301 g/mol. The fourth-order valence-corrected chi connectivity index (χ4v) is 2.62. The summed E-state index contributed by atoms with van der Waals surface area (Å²) in [5, 5.41) is 5.42. The number of carbonyl (C=O) groups is 1. The molecule has 0 saturated carbocycles. The predicted molar refractivity (Wildman–Crippen MR) is 73.3 cm³/mol. The van der Waals surface area contributed by atoms with Crippen LogP contribution in [0.25, 0.3) is 0 Å². The molecule has 110 valence electrons. The molecule has 0 saturated heterocycles. The molecule has 6 nitrogen and oxygen atoms in total. The minimum absolute atomic E-state index is 0.0157. The Hall–Kier alpha value is -1.51. The summed E-state index contributed by atoms with van der Waals surface area (Å²) in [6, 6.07) is 3.18.